The van der Waals surface area contributed by atoms with Crippen LogP contribution in [0.1, 0.15) is 19.4 Å². The Bertz CT molecular complexity index is 361. The van der Waals surface area contributed by atoms with Gasteiger partial charge in [0.1, 0.15) is 0 Å². The van der Waals surface area contributed by atoms with Crippen LogP contribution in [0.25, 0.3) is 0 Å². The number of allylic oxidation sites excluding steroid dienone is 2. The van der Waals surface area contributed by atoms with E-state index in [9.17, 15) is 0 Å². The Labute approximate surface area is 86.2 Å². The van der Waals surface area contributed by atoms with Crippen LogP contribution >= 0.6 is 0 Å². The molecule has 0 radical (unpaired) electrons. The highest BCUT2D eigenvalue weighted by molar-refractivity contribution is 5.56. The second kappa shape index (κ2) is 4.66. The molecule has 1 N–H and O–H groups in total. The van der Waals surface area contributed by atoms with E-state index in [1.807, 2.05) is 32.1 Å². The van der Waals surface area contributed by atoms with E-state index in [4.69, 9.17) is 0 Å². The van der Waals surface area contributed by atoms with Crippen LogP contribution in [-0.2, 0) is 0 Å². The molecule has 0 heterocycles. The molecule has 0 saturated carbocycles. The molecule has 1 heteroatoms. The molecular weight excluding hydrogens is 170 g/mol. The van der Waals surface area contributed by atoms with Gasteiger partial charge in [-0.1, -0.05) is 30.9 Å². The lowest BCUT2D eigenvalue weighted by atomic mass is 10.1. The van der Waals surface area contributed by atoms with E-state index in [0.29, 0.717) is 0 Å². The molecule has 1 rings (SSSR count). The van der Waals surface area contributed by atoms with Crippen LogP contribution in [0.3, 0.4) is 0 Å². The maximum absolute atomic E-state index is 3.98. The Morgan fingerprint density at radius 2 is 2.00 bits per heavy atom. The second-order valence-corrected chi connectivity index (χ2v) is 3.39. The number of hydrogen-bond donors (Lipinski definition) is 1. The maximum atomic E-state index is 3.98. The van der Waals surface area contributed by atoms with E-state index in [1.54, 1.807) is 0 Å². The lowest BCUT2D eigenvalue weighted by Crippen LogP contribution is -2.00. The zero-order valence-corrected chi connectivity index (χ0v) is 9.09. The highest BCUT2D eigenvalue weighted by Gasteiger charge is 1.98. The molecule has 1 nitrogen and oxygen atoms in total. The van der Waals surface area contributed by atoms with Gasteiger partial charge in [-0.25, -0.2) is 0 Å². The summed E-state index contributed by atoms with van der Waals surface area (Å²) in [5.74, 6) is 0. The maximum Gasteiger partial charge on any atom is 0.0413 e. The minimum atomic E-state index is 0.960. The number of benzene rings is 1. The number of hydrogen-bond acceptors (Lipinski definition) is 1. The molecule has 1 aromatic carbocycles. The monoisotopic (exact) mass is 187 g/mol. The van der Waals surface area contributed by atoms with Crippen LogP contribution in [0.15, 0.2) is 48.2 Å². The molecule has 74 valence electrons. The average Bonchev–Trinajstić information content (AvgIpc) is 2.20. The van der Waals surface area contributed by atoms with Gasteiger partial charge < -0.3 is 5.32 Å². The van der Waals surface area contributed by atoms with Crippen LogP contribution < -0.4 is 5.32 Å². The fourth-order valence-corrected chi connectivity index (χ4v) is 1.15. The van der Waals surface area contributed by atoms with Gasteiger partial charge in [0.15, 0.2) is 0 Å². The highest BCUT2D eigenvalue weighted by Crippen LogP contribution is 2.17. The Hall–Kier alpha value is -1.50. The number of anilines is 1. The Balaban J connectivity index is 2.80. The second-order valence-electron chi connectivity index (χ2n) is 3.39. The lowest BCUT2D eigenvalue weighted by Gasteiger charge is -2.11. The first-order chi connectivity index (χ1) is 6.65. The van der Waals surface area contributed by atoms with Gasteiger partial charge in [-0.2, -0.15) is 0 Å². The van der Waals surface area contributed by atoms with Crippen molar-refractivity contribution in [1.29, 1.82) is 0 Å². The summed E-state index contributed by atoms with van der Waals surface area (Å²) in [5, 5.41) is 3.30. The molecule has 1 aromatic rings. The summed E-state index contributed by atoms with van der Waals surface area (Å²) in [6, 6.07) is 8.20. The summed E-state index contributed by atoms with van der Waals surface area (Å²) in [5.41, 5.74) is 4.49. The topological polar surface area (TPSA) is 12.0 Å². The van der Waals surface area contributed by atoms with E-state index in [-0.39, 0.29) is 0 Å². The molecule has 0 aliphatic rings. The third-order valence-corrected chi connectivity index (χ3v) is 2.34. The van der Waals surface area contributed by atoms with Crippen LogP contribution in [0.2, 0.25) is 0 Å². The summed E-state index contributed by atoms with van der Waals surface area (Å²) in [7, 11) is 0. The summed E-state index contributed by atoms with van der Waals surface area (Å²) in [6.07, 6.45) is 2.05. The first-order valence-electron chi connectivity index (χ1n) is 4.80. The number of rotatable bonds is 3. The molecule has 0 aromatic heterocycles. The van der Waals surface area contributed by atoms with E-state index >= 15 is 0 Å². The fourth-order valence-electron chi connectivity index (χ4n) is 1.15. The van der Waals surface area contributed by atoms with Crippen LogP contribution in [0.4, 0.5) is 5.69 Å². The van der Waals surface area contributed by atoms with Crippen molar-refractivity contribution in [3.8, 4) is 0 Å². The van der Waals surface area contributed by atoms with Gasteiger partial charge in [-0.05, 0) is 38.0 Å². The van der Waals surface area contributed by atoms with Crippen molar-refractivity contribution >= 4 is 5.69 Å². The predicted octanol–water partition coefficient (Wildman–Crippen LogP) is 3.89. The third kappa shape index (κ3) is 2.49. The van der Waals surface area contributed by atoms with Crippen molar-refractivity contribution < 1.29 is 0 Å². The van der Waals surface area contributed by atoms with Crippen molar-refractivity contribution in [2.24, 2.45) is 0 Å². The molecule has 0 aliphatic carbocycles. The van der Waals surface area contributed by atoms with Crippen molar-refractivity contribution in [1.82, 2.24) is 0 Å². The van der Waals surface area contributed by atoms with E-state index < -0.39 is 0 Å². The van der Waals surface area contributed by atoms with Crippen molar-refractivity contribution in [3.63, 3.8) is 0 Å². The quantitative estimate of drug-likeness (QED) is 0.708. The summed E-state index contributed by atoms with van der Waals surface area (Å²) < 4.78 is 0. The molecule has 0 atom stereocenters. The van der Waals surface area contributed by atoms with Gasteiger partial charge in [0.05, 0.1) is 0 Å². The number of para-hydroxylation sites is 1. The van der Waals surface area contributed by atoms with Gasteiger partial charge in [0.2, 0.25) is 0 Å². The average molecular weight is 187 g/mol. The summed E-state index contributed by atoms with van der Waals surface area (Å²) in [4.78, 5) is 0. The van der Waals surface area contributed by atoms with Crippen molar-refractivity contribution in [2.75, 3.05) is 5.32 Å². The fraction of sp³-hybridized carbons (Fsp3) is 0.231. The smallest absolute Gasteiger partial charge is 0.0413 e. The molecule has 0 fully saturated rings. The Morgan fingerprint density at radius 1 is 1.36 bits per heavy atom. The van der Waals surface area contributed by atoms with Crippen molar-refractivity contribution in [3.05, 3.63) is 53.8 Å². The molecule has 14 heavy (non-hydrogen) atoms. The van der Waals surface area contributed by atoms with Gasteiger partial charge in [0.25, 0.3) is 0 Å². The molecular formula is C13H17N. The Morgan fingerprint density at radius 3 is 2.57 bits per heavy atom. The number of nitrogens with one attached hydrogen (secondary N) is 1. The first kappa shape index (κ1) is 10.6. The zero-order valence-electron chi connectivity index (χ0n) is 9.09. The molecule has 0 aliphatic heterocycles. The van der Waals surface area contributed by atoms with Crippen LogP contribution in [-0.4, -0.2) is 0 Å². The third-order valence-electron chi connectivity index (χ3n) is 2.34. The van der Waals surface area contributed by atoms with Crippen LogP contribution in [0, 0.1) is 6.92 Å². The lowest BCUT2D eigenvalue weighted by molar-refractivity contribution is 1.31. The zero-order chi connectivity index (χ0) is 10.6. The molecule has 0 bridgehead atoms. The van der Waals surface area contributed by atoms with E-state index in [2.05, 4.69) is 31.0 Å². The standard InChI is InChI=1S/C13H17N/c1-5-10(2)12(4)14-13-9-7-6-8-11(13)3/h5-9,14H,4H2,1-3H3/b10-5+. The number of aryl methyl sites for hydroxylation is 1. The predicted molar refractivity (Wildman–Crippen MR) is 63.4 cm³/mol. The summed E-state index contributed by atoms with van der Waals surface area (Å²) >= 11 is 0. The van der Waals surface area contributed by atoms with Gasteiger partial charge in [-0.3, -0.25) is 0 Å². The normalized spacial score (nSPS) is 11.2. The van der Waals surface area contributed by atoms with Gasteiger partial charge in [0, 0.05) is 11.4 Å². The molecule has 0 spiro atoms. The minimum absolute atomic E-state index is 0.960. The van der Waals surface area contributed by atoms with Crippen molar-refractivity contribution in [2.45, 2.75) is 20.8 Å². The molecule has 0 unspecified atom stereocenters. The van der Waals surface area contributed by atoms with E-state index in [1.165, 1.54) is 11.1 Å². The molecule has 0 amide bonds. The van der Waals surface area contributed by atoms with Crippen LogP contribution in [0.5, 0.6) is 0 Å². The minimum Gasteiger partial charge on any atom is -0.356 e. The highest BCUT2D eigenvalue weighted by atomic mass is 14.9. The van der Waals surface area contributed by atoms with Gasteiger partial charge >= 0.3 is 0 Å². The SMILES string of the molecule is C=C(Nc1ccccc1C)/C(C)=C/C. The largest absolute Gasteiger partial charge is 0.356 e. The Kier molecular flexibility index (Phi) is 3.52. The van der Waals surface area contributed by atoms with E-state index in [0.717, 1.165) is 11.4 Å². The molecule has 0 saturated heterocycles. The van der Waals surface area contributed by atoms with Gasteiger partial charge in [-0.15, -0.1) is 0 Å². The summed E-state index contributed by atoms with van der Waals surface area (Å²) in [6.45, 7) is 10.1. The first-order valence-corrected chi connectivity index (χ1v) is 4.80.